The van der Waals surface area contributed by atoms with E-state index in [1.807, 2.05) is 0 Å². The number of rotatable bonds is 5. The highest BCUT2D eigenvalue weighted by Crippen LogP contribution is 2.38. The Hall–Kier alpha value is -3.21. The second kappa shape index (κ2) is 8.45. The van der Waals surface area contributed by atoms with Crippen LogP contribution in [0, 0.1) is 10.1 Å². The topological polar surface area (TPSA) is 88.8 Å². The van der Waals surface area contributed by atoms with Gasteiger partial charge in [-0.15, -0.1) is 0 Å². The van der Waals surface area contributed by atoms with E-state index < -0.39 is 22.4 Å². The predicted octanol–water partition coefficient (Wildman–Crippen LogP) is 3.83. The molecule has 0 amide bonds. The van der Waals surface area contributed by atoms with Gasteiger partial charge in [-0.3, -0.25) is 15.5 Å². The van der Waals surface area contributed by atoms with Gasteiger partial charge in [0.15, 0.2) is 5.11 Å². The third-order valence-electron chi connectivity index (χ3n) is 3.22. The van der Waals surface area contributed by atoms with Crippen LogP contribution in [-0.2, 0) is 6.18 Å². The van der Waals surface area contributed by atoms with Gasteiger partial charge >= 0.3 is 11.9 Å². The van der Waals surface area contributed by atoms with Gasteiger partial charge in [0, 0.05) is 18.7 Å². The first-order chi connectivity index (χ1) is 12.7. The number of nitrogens with zero attached hydrogens (tertiary/aromatic N) is 2. The summed E-state index contributed by atoms with van der Waals surface area (Å²) in [4.78, 5) is 10.2. The minimum absolute atomic E-state index is 0.168. The number of hydrogen-bond donors (Lipinski definition) is 2. The number of thiocarbonyl (C=S) groups is 1. The summed E-state index contributed by atoms with van der Waals surface area (Å²) in [5, 5.41) is 18.0. The molecule has 0 atom stereocenters. The number of halogens is 3. The summed E-state index contributed by atoms with van der Waals surface area (Å²) in [7, 11) is 1.60. The number of ether oxygens (including phenoxy) is 1. The molecule has 0 unspecified atom stereocenters. The molecule has 0 fully saturated rings. The van der Waals surface area contributed by atoms with Crippen molar-refractivity contribution in [3.05, 3.63) is 63.7 Å². The smallest absolute Gasteiger partial charge is 0.416 e. The van der Waals surface area contributed by atoms with Crippen LogP contribution in [0.1, 0.15) is 11.1 Å². The number of nitro groups is 1. The molecule has 142 valence electrons. The highest BCUT2D eigenvalue weighted by atomic mass is 32.1. The Morgan fingerprint density at radius 2 is 1.96 bits per heavy atom. The molecule has 0 spiro atoms. The molecule has 0 aliphatic heterocycles. The number of nitrogens with one attached hydrogen (secondary N) is 2. The number of alkyl halides is 3. The second-order valence-electron chi connectivity index (χ2n) is 5.03. The molecule has 2 N–H and O–H groups in total. The highest BCUT2D eigenvalue weighted by Gasteiger charge is 2.33. The summed E-state index contributed by atoms with van der Waals surface area (Å²) >= 11 is 4.86. The maximum atomic E-state index is 12.8. The molecule has 2 aromatic carbocycles. The average molecular weight is 398 g/mol. The lowest BCUT2D eigenvalue weighted by Gasteiger charge is -2.11. The minimum Gasteiger partial charge on any atom is -0.449 e. The van der Waals surface area contributed by atoms with Crippen LogP contribution < -0.4 is 15.5 Å². The van der Waals surface area contributed by atoms with Crippen LogP contribution in [0.25, 0.3) is 0 Å². The number of hydrogen-bond acceptors (Lipinski definition) is 5. The molecular formula is C16H13F3N4O3S. The number of nitro benzene ring substituents is 1. The Morgan fingerprint density at radius 1 is 1.26 bits per heavy atom. The Balaban J connectivity index is 2.34. The zero-order chi connectivity index (χ0) is 20.0. The van der Waals surface area contributed by atoms with E-state index in [-0.39, 0.29) is 16.6 Å². The van der Waals surface area contributed by atoms with E-state index in [9.17, 15) is 23.3 Å². The lowest BCUT2D eigenvalue weighted by Crippen LogP contribution is -2.28. The molecule has 0 saturated heterocycles. The van der Waals surface area contributed by atoms with Crippen molar-refractivity contribution >= 4 is 29.2 Å². The van der Waals surface area contributed by atoms with Crippen molar-refractivity contribution in [2.75, 3.05) is 7.05 Å². The summed E-state index contributed by atoms with van der Waals surface area (Å²) in [6.07, 6.45) is -3.35. The van der Waals surface area contributed by atoms with Crippen molar-refractivity contribution in [1.29, 1.82) is 0 Å². The predicted molar refractivity (Wildman–Crippen MR) is 97.0 cm³/mol. The molecule has 2 aromatic rings. The van der Waals surface area contributed by atoms with Crippen LogP contribution in [0.5, 0.6) is 11.5 Å². The van der Waals surface area contributed by atoms with Gasteiger partial charge in [-0.1, -0.05) is 12.1 Å². The molecule has 27 heavy (non-hydrogen) atoms. The van der Waals surface area contributed by atoms with Crippen LogP contribution in [0.15, 0.2) is 47.6 Å². The minimum atomic E-state index is -4.70. The summed E-state index contributed by atoms with van der Waals surface area (Å²) in [6, 6.07) is 8.44. The van der Waals surface area contributed by atoms with Gasteiger partial charge in [0.05, 0.1) is 16.7 Å². The van der Waals surface area contributed by atoms with Crippen LogP contribution in [-0.4, -0.2) is 23.3 Å². The molecule has 0 aliphatic carbocycles. The molecule has 0 radical (unpaired) electrons. The SMILES string of the molecule is CNC(=S)NN=Cc1ccccc1Oc1ccc(C(F)(F)F)cc1[N+](=O)[O-]. The fraction of sp³-hybridized carbons (Fsp3) is 0.125. The van der Waals surface area contributed by atoms with Gasteiger partial charge in [-0.05, 0) is 36.5 Å². The first-order valence-corrected chi connectivity index (χ1v) is 7.76. The fourth-order valence-electron chi connectivity index (χ4n) is 1.94. The molecular weight excluding hydrogens is 385 g/mol. The number of benzene rings is 2. The van der Waals surface area contributed by atoms with Crippen LogP contribution >= 0.6 is 12.2 Å². The van der Waals surface area contributed by atoms with Crippen molar-refractivity contribution in [2.24, 2.45) is 5.10 Å². The fourth-order valence-corrected chi connectivity index (χ4v) is 1.99. The lowest BCUT2D eigenvalue weighted by molar-refractivity contribution is -0.385. The molecule has 0 bridgehead atoms. The van der Waals surface area contributed by atoms with E-state index in [0.29, 0.717) is 17.7 Å². The van der Waals surface area contributed by atoms with Gasteiger partial charge in [0.1, 0.15) is 5.75 Å². The Morgan fingerprint density at radius 3 is 2.59 bits per heavy atom. The van der Waals surface area contributed by atoms with Gasteiger partial charge < -0.3 is 10.1 Å². The molecule has 2 rings (SSSR count). The van der Waals surface area contributed by atoms with Crippen molar-refractivity contribution < 1.29 is 22.8 Å². The van der Waals surface area contributed by atoms with Crippen molar-refractivity contribution in [1.82, 2.24) is 10.7 Å². The van der Waals surface area contributed by atoms with Crippen LogP contribution in [0.3, 0.4) is 0 Å². The first kappa shape index (κ1) is 20.1. The highest BCUT2D eigenvalue weighted by molar-refractivity contribution is 7.80. The maximum absolute atomic E-state index is 12.8. The van der Waals surface area contributed by atoms with Crippen molar-refractivity contribution in [2.45, 2.75) is 6.18 Å². The van der Waals surface area contributed by atoms with Gasteiger partial charge in [0.25, 0.3) is 0 Å². The zero-order valence-electron chi connectivity index (χ0n) is 13.8. The first-order valence-electron chi connectivity index (χ1n) is 7.35. The van der Waals surface area contributed by atoms with E-state index in [2.05, 4.69) is 15.8 Å². The van der Waals surface area contributed by atoms with E-state index >= 15 is 0 Å². The Labute approximate surface area is 157 Å². The zero-order valence-corrected chi connectivity index (χ0v) is 14.6. The Kier molecular flexibility index (Phi) is 6.29. The average Bonchev–Trinajstić information content (AvgIpc) is 2.62. The molecule has 0 aliphatic rings. The number of hydrazone groups is 1. The van der Waals surface area contributed by atoms with Crippen LogP contribution in [0.4, 0.5) is 18.9 Å². The summed E-state index contributed by atoms with van der Waals surface area (Å²) in [5.41, 5.74) is 1.02. The third-order valence-corrected chi connectivity index (χ3v) is 3.51. The number of para-hydroxylation sites is 1. The normalized spacial score (nSPS) is 11.3. The van der Waals surface area contributed by atoms with E-state index in [0.717, 1.165) is 6.07 Å². The summed E-state index contributed by atoms with van der Waals surface area (Å²) < 4.78 is 43.8. The third kappa shape index (κ3) is 5.38. The maximum Gasteiger partial charge on any atom is 0.416 e. The second-order valence-corrected chi connectivity index (χ2v) is 5.43. The standard InChI is InChI=1S/C16H13F3N4O3S/c1-20-15(27)22-21-9-10-4-2-3-5-13(10)26-14-7-6-11(16(17,18)19)8-12(14)23(24)25/h2-9H,1H3,(H2,20,22,27). The quantitative estimate of drug-likeness (QED) is 0.344. The molecule has 11 heteroatoms. The van der Waals surface area contributed by atoms with E-state index in [1.165, 1.54) is 12.3 Å². The lowest BCUT2D eigenvalue weighted by atomic mass is 10.1. The van der Waals surface area contributed by atoms with Gasteiger partial charge in [-0.2, -0.15) is 18.3 Å². The molecule has 0 heterocycles. The molecule has 0 saturated carbocycles. The summed E-state index contributed by atoms with van der Waals surface area (Å²) in [6.45, 7) is 0. The molecule has 7 nitrogen and oxygen atoms in total. The van der Waals surface area contributed by atoms with Crippen LogP contribution in [0.2, 0.25) is 0 Å². The summed E-state index contributed by atoms with van der Waals surface area (Å²) in [5.74, 6) is -0.158. The monoisotopic (exact) mass is 398 g/mol. The van der Waals surface area contributed by atoms with E-state index in [4.69, 9.17) is 17.0 Å². The Bertz CT molecular complexity index is 887. The van der Waals surface area contributed by atoms with Gasteiger partial charge in [0.2, 0.25) is 5.75 Å². The van der Waals surface area contributed by atoms with E-state index in [1.54, 1.807) is 25.2 Å². The largest absolute Gasteiger partial charge is 0.449 e. The van der Waals surface area contributed by atoms with Crippen molar-refractivity contribution in [3.8, 4) is 11.5 Å². The molecule has 0 aromatic heterocycles. The van der Waals surface area contributed by atoms with Gasteiger partial charge in [-0.25, -0.2) is 0 Å². The van der Waals surface area contributed by atoms with Crippen molar-refractivity contribution in [3.63, 3.8) is 0 Å².